The third kappa shape index (κ3) is 5.65. The third-order valence-corrected chi connectivity index (χ3v) is 7.81. The molecular weight excluding hydrogens is 509 g/mol. The van der Waals surface area contributed by atoms with E-state index in [4.69, 9.17) is 32.7 Å². The second-order valence-corrected chi connectivity index (χ2v) is 10.7. The van der Waals surface area contributed by atoms with Gasteiger partial charge in [-0.25, -0.2) is 8.42 Å². The van der Waals surface area contributed by atoms with Crippen LogP contribution in [0.5, 0.6) is 17.2 Å². The zero-order valence-corrected chi connectivity index (χ0v) is 21.4. The Kier molecular flexibility index (Phi) is 7.43. The molecule has 1 saturated heterocycles. The maximum absolute atomic E-state index is 13.3. The topological polar surface area (TPSA) is 91.7 Å². The highest BCUT2D eigenvalue weighted by molar-refractivity contribution is 7.92. The molecule has 1 aliphatic heterocycles. The fourth-order valence-electron chi connectivity index (χ4n) is 3.76. The molecule has 1 fully saturated rings. The van der Waals surface area contributed by atoms with Crippen molar-refractivity contribution in [1.82, 2.24) is 4.90 Å². The molecule has 4 rings (SSSR count). The first-order valence-electron chi connectivity index (χ1n) is 10.8. The number of likely N-dealkylation sites (tertiary alicyclic amines) is 1. The van der Waals surface area contributed by atoms with Crippen LogP contribution >= 0.6 is 23.2 Å². The highest BCUT2D eigenvalue weighted by atomic mass is 35.5. The first-order chi connectivity index (χ1) is 16.7. The van der Waals surface area contributed by atoms with Gasteiger partial charge in [-0.15, -0.1) is 0 Å². The van der Waals surface area contributed by atoms with E-state index in [1.165, 1.54) is 12.1 Å². The van der Waals surface area contributed by atoms with E-state index in [9.17, 15) is 13.7 Å². The van der Waals surface area contributed by atoms with Gasteiger partial charge in [-0.3, -0.25) is 4.72 Å². The number of para-hydroxylation sites is 1. The van der Waals surface area contributed by atoms with Gasteiger partial charge < -0.3 is 14.4 Å². The van der Waals surface area contributed by atoms with Gasteiger partial charge >= 0.3 is 0 Å². The Morgan fingerprint density at radius 3 is 2.57 bits per heavy atom. The van der Waals surface area contributed by atoms with E-state index >= 15 is 0 Å². The predicted molar refractivity (Wildman–Crippen MR) is 136 cm³/mol. The second kappa shape index (κ2) is 10.3. The summed E-state index contributed by atoms with van der Waals surface area (Å²) in [6, 6.07) is 16.2. The number of rotatable bonds is 7. The summed E-state index contributed by atoms with van der Waals surface area (Å²) >= 11 is 12.5. The van der Waals surface area contributed by atoms with Crippen molar-refractivity contribution in [2.45, 2.75) is 24.3 Å². The Labute approximate surface area is 214 Å². The normalized spacial score (nSPS) is 16.0. The number of aryl methyl sites for hydroxylation is 1. The van der Waals surface area contributed by atoms with Crippen molar-refractivity contribution in [3.8, 4) is 23.3 Å². The minimum Gasteiger partial charge on any atom is -0.487 e. The van der Waals surface area contributed by atoms with Gasteiger partial charge in [0.1, 0.15) is 39.9 Å². The molecule has 0 aliphatic carbocycles. The molecule has 1 aliphatic rings. The number of hydrogen-bond donors (Lipinski definition) is 1. The Morgan fingerprint density at radius 1 is 1.09 bits per heavy atom. The lowest BCUT2D eigenvalue weighted by Gasteiger charge is -2.17. The lowest BCUT2D eigenvalue weighted by molar-refractivity contribution is 0.208. The van der Waals surface area contributed by atoms with Crippen molar-refractivity contribution < 1.29 is 17.9 Å². The Balaban J connectivity index is 1.61. The van der Waals surface area contributed by atoms with Gasteiger partial charge in [0.25, 0.3) is 10.0 Å². The monoisotopic (exact) mass is 531 g/mol. The number of nitrogens with one attached hydrogen (secondary N) is 1. The summed E-state index contributed by atoms with van der Waals surface area (Å²) in [6.07, 6.45) is 0.843. The van der Waals surface area contributed by atoms with E-state index in [1.807, 2.05) is 13.1 Å². The van der Waals surface area contributed by atoms with Crippen LogP contribution in [0.2, 0.25) is 10.0 Å². The van der Waals surface area contributed by atoms with Crippen LogP contribution in [0, 0.1) is 18.3 Å². The predicted octanol–water partition coefficient (Wildman–Crippen LogP) is 5.85. The Bertz CT molecular complexity index is 1410. The number of hydrogen-bond acceptors (Lipinski definition) is 6. The van der Waals surface area contributed by atoms with Gasteiger partial charge in [-0.05, 0) is 56.3 Å². The molecule has 1 heterocycles. The molecule has 7 nitrogen and oxygen atoms in total. The molecule has 3 aromatic rings. The summed E-state index contributed by atoms with van der Waals surface area (Å²) in [5.74, 6) is 0.620. The molecule has 10 heteroatoms. The largest absolute Gasteiger partial charge is 0.487 e. The van der Waals surface area contributed by atoms with Crippen molar-refractivity contribution in [2.24, 2.45) is 0 Å². The highest BCUT2D eigenvalue weighted by Gasteiger charge is 2.24. The van der Waals surface area contributed by atoms with E-state index in [-0.39, 0.29) is 33.1 Å². The number of ether oxygens (including phenoxy) is 2. The molecule has 3 aromatic carbocycles. The van der Waals surface area contributed by atoms with Crippen molar-refractivity contribution in [3.63, 3.8) is 0 Å². The molecule has 1 atom stereocenters. The van der Waals surface area contributed by atoms with Gasteiger partial charge in [0, 0.05) is 19.2 Å². The maximum Gasteiger partial charge on any atom is 0.265 e. The fourth-order valence-corrected chi connectivity index (χ4v) is 5.30. The first-order valence-corrected chi connectivity index (χ1v) is 13.1. The van der Waals surface area contributed by atoms with Gasteiger partial charge in [-0.2, -0.15) is 5.26 Å². The molecule has 35 heavy (non-hydrogen) atoms. The molecule has 0 radical (unpaired) electrons. The zero-order valence-electron chi connectivity index (χ0n) is 19.1. The minimum atomic E-state index is -4.07. The average molecular weight is 532 g/mol. The standard InChI is InChI=1S/C25H23Cl2N3O4S/c1-16-7-10-21(19(14-28)25(16)27)34-22-5-3-4-6-24(22)35(31,32)29-17-8-9-20(26)23(13-17)33-18-11-12-30(2)15-18/h3-10,13,18,29H,11-12,15H2,1-2H3. The summed E-state index contributed by atoms with van der Waals surface area (Å²) in [4.78, 5) is 2.05. The van der Waals surface area contributed by atoms with Crippen LogP contribution in [-0.4, -0.2) is 39.6 Å². The SMILES string of the molecule is Cc1ccc(Oc2ccccc2S(=O)(=O)Nc2ccc(Cl)c(OC3CCN(C)C3)c2)c(C#N)c1Cl. The van der Waals surface area contributed by atoms with Crippen molar-refractivity contribution in [3.05, 3.63) is 75.8 Å². The molecular formula is C25H23Cl2N3O4S. The average Bonchev–Trinajstić information content (AvgIpc) is 3.23. The number of benzene rings is 3. The van der Waals surface area contributed by atoms with Crippen LogP contribution in [-0.2, 0) is 10.0 Å². The van der Waals surface area contributed by atoms with Crippen LogP contribution < -0.4 is 14.2 Å². The van der Waals surface area contributed by atoms with E-state index in [1.54, 1.807) is 49.4 Å². The molecule has 1 unspecified atom stereocenters. The van der Waals surface area contributed by atoms with Gasteiger partial charge in [-0.1, -0.05) is 41.4 Å². The maximum atomic E-state index is 13.3. The summed E-state index contributed by atoms with van der Waals surface area (Å²) in [5.41, 5.74) is 1.13. The summed E-state index contributed by atoms with van der Waals surface area (Å²) in [5, 5.41) is 10.2. The van der Waals surface area contributed by atoms with Crippen molar-refractivity contribution >= 4 is 38.9 Å². The Hall–Kier alpha value is -2.96. The number of likely N-dealkylation sites (N-methyl/N-ethyl adjacent to an activating group) is 1. The number of nitriles is 1. The summed E-state index contributed by atoms with van der Waals surface area (Å²) < 4.78 is 41.0. The Morgan fingerprint density at radius 2 is 1.86 bits per heavy atom. The van der Waals surface area contributed by atoms with Crippen LogP contribution in [0.15, 0.2) is 59.5 Å². The summed E-state index contributed by atoms with van der Waals surface area (Å²) in [7, 11) is -2.05. The van der Waals surface area contributed by atoms with Crippen LogP contribution in [0.25, 0.3) is 0 Å². The van der Waals surface area contributed by atoms with E-state index in [2.05, 4.69) is 9.62 Å². The van der Waals surface area contributed by atoms with E-state index in [0.29, 0.717) is 22.0 Å². The molecule has 0 spiro atoms. The minimum absolute atomic E-state index is 0.0193. The number of halogens is 2. The molecule has 0 bridgehead atoms. The molecule has 182 valence electrons. The van der Waals surface area contributed by atoms with E-state index < -0.39 is 10.0 Å². The number of anilines is 1. The first kappa shape index (κ1) is 25.1. The van der Waals surface area contributed by atoms with Crippen molar-refractivity contribution in [1.29, 1.82) is 5.26 Å². The third-order valence-electron chi connectivity index (χ3n) is 5.59. The van der Waals surface area contributed by atoms with E-state index in [0.717, 1.165) is 19.5 Å². The fraction of sp³-hybridized carbons (Fsp3) is 0.240. The number of nitrogens with zero attached hydrogens (tertiary/aromatic N) is 2. The van der Waals surface area contributed by atoms with Gasteiger partial charge in [0.15, 0.2) is 0 Å². The number of sulfonamides is 1. The van der Waals surface area contributed by atoms with Crippen LogP contribution in [0.1, 0.15) is 17.5 Å². The van der Waals surface area contributed by atoms with Gasteiger partial charge in [0.05, 0.1) is 15.7 Å². The lowest BCUT2D eigenvalue weighted by Crippen LogP contribution is -2.21. The highest BCUT2D eigenvalue weighted by Crippen LogP contribution is 2.36. The molecule has 0 amide bonds. The van der Waals surface area contributed by atoms with Crippen LogP contribution in [0.4, 0.5) is 5.69 Å². The zero-order chi connectivity index (χ0) is 25.2. The smallest absolute Gasteiger partial charge is 0.265 e. The summed E-state index contributed by atoms with van der Waals surface area (Å²) in [6.45, 7) is 3.46. The second-order valence-electron chi connectivity index (χ2n) is 8.27. The lowest BCUT2D eigenvalue weighted by atomic mass is 10.1. The van der Waals surface area contributed by atoms with Crippen LogP contribution in [0.3, 0.4) is 0 Å². The quantitative estimate of drug-likeness (QED) is 0.411. The van der Waals surface area contributed by atoms with Gasteiger partial charge in [0.2, 0.25) is 0 Å². The van der Waals surface area contributed by atoms with Crippen molar-refractivity contribution in [2.75, 3.05) is 24.9 Å². The molecule has 1 N–H and O–H groups in total. The molecule has 0 aromatic heterocycles. The molecule has 0 saturated carbocycles.